The molecule has 0 bridgehead atoms. The molecule has 2 aromatic carbocycles. The van der Waals surface area contributed by atoms with Gasteiger partial charge in [0.25, 0.3) is 0 Å². The first-order chi connectivity index (χ1) is 14.5. The average molecular weight is 427 g/mol. The van der Waals surface area contributed by atoms with Gasteiger partial charge < -0.3 is 19.9 Å². The van der Waals surface area contributed by atoms with Crippen LogP contribution in [0.25, 0.3) is 11.3 Å². The molecule has 4 rings (SSSR count). The van der Waals surface area contributed by atoms with Gasteiger partial charge >= 0.3 is 5.69 Å². The van der Waals surface area contributed by atoms with E-state index in [-0.39, 0.29) is 35.2 Å². The molecule has 2 heterocycles. The number of hydrogen-bond acceptors (Lipinski definition) is 10. The molecule has 0 aliphatic carbocycles. The third-order valence-corrected chi connectivity index (χ3v) is 4.95. The van der Waals surface area contributed by atoms with Crippen LogP contribution in [0.15, 0.2) is 41.6 Å². The number of para-hydroxylation sites is 1. The number of rotatable bonds is 5. The normalized spacial score (nSPS) is 14.5. The fraction of sp³-hybridized carbons (Fsp3) is 0.211. The molecule has 1 atom stereocenters. The molecular weight excluding hydrogens is 410 g/mol. The Hall–Kier alpha value is -3.60. The Kier molecular flexibility index (Phi) is 5.27. The number of nitrogens with one attached hydrogen (secondary N) is 1. The largest absolute Gasteiger partial charge is 0.504 e. The summed E-state index contributed by atoms with van der Waals surface area (Å²) in [5, 5.41) is 33.9. The van der Waals surface area contributed by atoms with Crippen molar-refractivity contribution in [1.29, 1.82) is 0 Å². The smallest absolute Gasteiger partial charge is 0.323 e. The first kappa shape index (κ1) is 19.7. The van der Waals surface area contributed by atoms with Gasteiger partial charge in [0.05, 0.1) is 17.1 Å². The van der Waals surface area contributed by atoms with Crippen molar-refractivity contribution < 1.29 is 19.5 Å². The molecule has 10 nitrogen and oxygen atoms in total. The molecule has 0 saturated carbocycles. The summed E-state index contributed by atoms with van der Waals surface area (Å²) in [7, 11) is 0. The summed E-state index contributed by atoms with van der Waals surface area (Å²) in [6, 6.07) is 10.1. The third kappa shape index (κ3) is 3.43. The molecule has 0 amide bonds. The zero-order chi connectivity index (χ0) is 21.3. The minimum absolute atomic E-state index is 0.150. The predicted octanol–water partition coefficient (Wildman–Crippen LogP) is 3.78. The van der Waals surface area contributed by atoms with Crippen LogP contribution < -0.4 is 14.8 Å². The number of phenols is 1. The van der Waals surface area contributed by atoms with Crippen LogP contribution in [-0.2, 0) is 0 Å². The van der Waals surface area contributed by atoms with Crippen molar-refractivity contribution in [2.24, 2.45) is 0 Å². The molecule has 1 aromatic heterocycles. The van der Waals surface area contributed by atoms with E-state index in [9.17, 15) is 15.2 Å². The molecular formula is C19H17N5O5S. The van der Waals surface area contributed by atoms with Gasteiger partial charge in [-0.2, -0.15) is 4.98 Å². The molecule has 0 radical (unpaired) electrons. The maximum Gasteiger partial charge on any atom is 0.323 e. The fourth-order valence-corrected chi connectivity index (χ4v) is 3.43. The van der Waals surface area contributed by atoms with Gasteiger partial charge in [-0.05, 0) is 31.4 Å². The first-order valence-electron chi connectivity index (χ1n) is 8.97. The van der Waals surface area contributed by atoms with E-state index in [1.54, 1.807) is 13.0 Å². The number of benzene rings is 2. The molecule has 2 N–H and O–H groups in total. The van der Waals surface area contributed by atoms with Gasteiger partial charge in [0.1, 0.15) is 0 Å². The molecule has 1 aliphatic rings. The SMILES string of the molecule is CCOc1c(O)ccc([C@@H]2Nc3ccccc3-c3nnc(SC)nc3O2)c1[N+](=O)[O-]. The number of ether oxygens (including phenoxy) is 2. The van der Waals surface area contributed by atoms with Gasteiger partial charge in [-0.15, -0.1) is 10.2 Å². The van der Waals surface area contributed by atoms with Crippen molar-refractivity contribution in [3.8, 4) is 28.6 Å². The van der Waals surface area contributed by atoms with Crippen LogP contribution in [0.2, 0.25) is 0 Å². The highest BCUT2D eigenvalue weighted by molar-refractivity contribution is 7.98. The Balaban J connectivity index is 1.91. The number of nitro groups is 1. The lowest BCUT2D eigenvalue weighted by Crippen LogP contribution is -2.19. The third-order valence-electron chi connectivity index (χ3n) is 4.41. The maximum absolute atomic E-state index is 11.9. The van der Waals surface area contributed by atoms with Crippen LogP contribution in [0, 0.1) is 10.1 Å². The van der Waals surface area contributed by atoms with Crippen LogP contribution in [0.3, 0.4) is 0 Å². The van der Waals surface area contributed by atoms with E-state index < -0.39 is 11.2 Å². The van der Waals surface area contributed by atoms with Crippen LogP contribution >= 0.6 is 11.8 Å². The quantitative estimate of drug-likeness (QED) is 0.352. The van der Waals surface area contributed by atoms with E-state index in [4.69, 9.17) is 9.47 Å². The van der Waals surface area contributed by atoms with Gasteiger partial charge in [0.15, 0.2) is 11.4 Å². The van der Waals surface area contributed by atoms with E-state index in [2.05, 4.69) is 20.5 Å². The van der Waals surface area contributed by atoms with Gasteiger partial charge in [-0.25, -0.2) is 0 Å². The lowest BCUT2D eigenvalue weighted by atomic mass is 10.1. The van der Waals surface area contributed by atoms with Crippen molar-refractivity contribution in [2.45, 2.75) is 18.3 Å². The van der Waals surface area contributed by atoms with E-state index >= 15 is 0 Å². The number of phenolic OH excluding ortho intramolecular Hbond substituents is 1. The van der Waals surface area contributed by atoms with E-state index in [0.29, 0.717) is 22.1 Å². The Morgan fingerprint density at radius 3 is 2.83 bits per heavy atom. The lowest BCUT2D eigenvalue weighted by molar-refractivity contribution is -0.387. The Bertz CT molecular complexity index is 1130. The number of thioether (sulfide) groups is 1. The van der Waals surface area contributed by atoms with Crippen LogP contribution in [0.1, 0.15) is 18.7 Å². The number of fused-ring (bicyclic) bond motifs is 3. The fourth-order valence-electron chi connectivity index (χ4n) is 3.14. The molecule has 0 unspecified atom stereocenters. The van der Waals surface area contributed by atoms with Gasteiger partial charge in [0, 0.05) is 11.3 Å². The minimum atomic E-state index is -0.987. The second kappa shape index (κ2) is 8.03. The van der Waals surface area contributed by atoms with Crippen molar-refractivity contribution in [2.75, 3.05) is 18.2 Å². The van der Waals surface area contributed by atoms with E-state index in [1.165, 1.54) is 23.9 Å². The van der Waals surface area contributed by atoms with Crippen molar-refractivity contribution in [1.82, 2.24) is 15.2 Å². The highest BCUT2D eigenvalue weighted by Crippen LogP contribution is 2.45. The molecule has 0 fully saturated rings. The number of hydrogen-bond donors (Lipinski definition) is 2. The summed E-state index contributed by atoms with van der Waals surface area (Å²) in [6.45, 7) is 1.83. The Morgan fingerprint density at radius 2 is 2.10 bits per heavy atom. The number of nitrogens with zero attached hydrogens (tertiary/aromatic N) is 4. The summed E-state index contributed by atoms with van der Waals surface area (Å²) in [4.78, 5) is 15.7. The van der Waals surface area contributed by atoms with Gasteiger partial charge in [-0.1, -0.05) is 30.0 Å². The number of aromatic hydroxyl groups is 1. The highest BCUT2D eigenvalue weighted by atomic mass is 32.2. The van der Waals surface area contributed by atoms with Crippen LogP contribution in [0.4, 0.5) is 11.4 Å². The molecule has 11 heteroatoms. The van der Waals surface area contributed by atoms with Crippen molar-refractivity contribution in [3.05, 3.63) is 52.1 Å². The molecule has 154 valence electrons. The molecule has 0 spiro atoms. The van der Waals surface area contributed by atoms with Crippen LogP contribution in [-0.4, -0.2) is 38.1 Å². The van der Waals surface area contributed by atoms with E-state index in [0.717, 1.165) is 0 Å². The molecule has 0 saturated heterocycles. The van der Waals surface area contributed by atoms with E-state index in [1.807, 2.05) is 24.5 Å². The topological polar surface area (TPSA) is 133 Å². The molecule has 30 heavy (non-hydrogen) atoms. The van der Waals surface area contributed by atoms with Crippen LogP contribution in [0.5, 0.6) is 17.4 Å². The summed E-state index contributed by atoms with van der Waals surface area (Å²) < 4.78 is 11.4. The average Bonchev–Trinajstić information content (AvgIpc) is 2.91. The summed E-state index contributed by atoms with van der Waals surface area (Å²) >= 11 is 1.30. The molecule has 3 aromatic rings. The monoisotopic (exact) mass is 427 g/mol. The van der Waals surface area contributed by atoms with Crippen molar-refractivity contribution >= 4 is 23.1 Å². The standard InChI is InChI=1S/C19H17N5O5S/c1-3-28-16-13(25)9-8-11(15(16)24(26)27)17-20-12-7-5-4-6-10(12)14-18(29-17)21-19(30-2)23-22-14/h4-9,17,20,25H,3H2,1-2H3/t17-/m1/s1. The zero-order valence-corrected chi connectivity index (χ0v) is 16.8. The van der Waals surface area contributed by atoms with Gasteiger partial charge in [-0.3, -0.25) is 10.1 Å². The number of anilines is 1. The van der Waals surface area contributed by atoms with Crippen molar-refractivity contribution in [3.63, 3.8) is 0 Å². The highest BCUT2D eigenvalue weighted by Gasteiger charge is 2.34. The maximum atomic E-state index is 11.9. The molecule has 1 aliphatic heterocycles. The first-order valence-corrected chi connectivity index (χ1v) is 10.2. The second-order valence-electron chi connectivity index (χ2n) is 6.18. The summed E-state index contributed by atoms with van der Waals surface area (Å²) in [5.41, 5.74) is 1.56. The zero-order valence-electron chi connectivity index (χ0n) is 16.0. The second-order valence-corrected chi connectivity index (χ2v) is 6.96. The predicted molar refractivity (Wildman–Crippen MR) is 110 cm³/mol. The minimum Gasteiger partial charge on any atom is -0.504 e. The Morgan fingerprint density at radius 1 is 1.30 bits per heavy atom. The van der Waals surface area contributed by atoms with Gasteiger partial charge in [0.2, 0.25) is 23.0 Å². The number of aromatic nitrogens is 3. The summed E-state index contributed by atoms with van der Waals surface area (Å²) in [5.74, 6) is -0.346. The summed E-state index contributed by atoms with van der Waals surface area (Å²) in [6.07, 6.45) is 0.821. The Labute approximate surface area is 175 Å². The number of nitro benzene ring substituents is 1. The lowest BCUT2D eigenvalue weighted by Gasteiger charge is -2.20.